The molecule has 0 radical (unpaired) electrons. The number of carbonyl (C=O) groups excluding carboxylic acids is 2. The normalized spacial score (nSPS) is 17.4. The number of ether oxygens (including phenoxy) is 1. The van der Waals surface area contributed by atoms with Gasteiger partial charge in [0.05, 0.1) is 4.90 Å². The Hall–Kier alpha value is -2.13. The first-order valence-corrected chi connectivity index (χ1v) is 10.8. The summed E-state index contributed by atoms with van der Waals surface area (Å²) in [5.74, 6) is -0.308. The largest absolute Gasteiger partial charge is 0.444 e. The number of hydrogen-bond acceptors (Lipinski definition) is 5. The highest BCUT2D eigenvalue weighted by atomic mass is 32.2. The zero-order chi connectivity index (χ0) is 20.9. The number of hydrogen-bond donors (Lipinski definition) is 2. The molecule has 156 valence electrons. The molecule has 2 N–H and O–H groups in total. The van der Waals surface area contributed by atoms with Crippen LogP contribution in [0.2, 0.25) is 0 Å². The lowest BCUT2D eigenvalue weighted by atomic mass is 10.2. The molecule has 0 aliphatic carbocycles. The molecule has 28 heavy (non-hydrogen) atoms. The summed E-state index contributed by atoms with van der Waals surface area (Å²) in [6.45, 7) is 7.85. The molecule has 2 amide bonds. The lowest BCUT2D eigenvalue weighted by Crippen LogP contribution is -2.48. The molecule has 1 atom stereocenters. The third-order valence-corrected chi connectivity index (χ3v) is 5.71. The van der Waals surface area contributed by atoms with Gasteiger partial charge in [-0.05, 0) is 52.7 Å². The first-order chi connectivity index (χ1) is 13.0. The minimum Gasteiger partial charge on any atom is -0.444 e. The number of benzene rings is 1. The highest BCUT2D eigenvalue weighted by molar-refractivity contribution is 7.89. The lowest BCUT2D eigenvalue weighted by Gasteiger charge is -2.28. The Morgan fingerprint density at radius 3 is 2.43 bits per heavy atom. The molecule has 2 rings (SSSR count). The quantitative estimate of drug-likeness (QED) is 0.695. The summed E-state index contributed by atoms with van der Waals surface area (Å²) < 4.78 is 32.3. The van der Waals surface area contributed by atoms with E-state index in [-0.39, 0.29) is 23.9 Å². The Labute approximate surface area is 166 Å². The Kier molecular flexibility index (Phi) is 7.06. The average molecular weight is 412 g/mol. The van der Waals surface area contributed by atoms with E-state index >= 15 is 0 Å². The average Bonchev–Trinajstić information content (AvgIpc) is 3.07. The minimum absolute atomic E-state index is 0.0567. The minimum atomic E-state index is -3.62. The maximum absolute atomic E-state index is 12.4. The Balaban J connectivity index is 1.83. The van der Waals surface area contributed by atoms with Crippen LogP contribution in [0.5, 0.6) is 0 Å². The second-order valence-electron chi connectivity index (χ2n) is 7.83. The molecule has 1 heterocycles. The summed E-state index contributed by atoms with van der Waals surface area (Å²) in [6, 6.07) is 5.92. The molecule has 1 aromatic rings. The summed E-state index contributed by atoms with van der Waals surface area (Å²) in [5, 5.41) is 2.69. The highest BCUT2D eigenvalue weighted by Gasteiger charge is 2.36. The van der Waals surface area contributed by atoms with E-state index in [4.69, 9.17) is 4.74 Å². The van der Waals surface area contributed by atoms with Gasteiger partial charge in [-0.25, -0.2) is 17.9 Å². The SMILES string of the molecule is Cc1ccc(S(=O)(=O)NCCNC(=O)[C@@H]2CCCN2C(=O)OC(C)(C)C)cc1. The predicted molar refractivity (Wildman–Crippen MR) is 105 cm³/mol. The van der Waals surface area contributed by atoms with Crippen molar-refractivity contribution in [1.82, 2.24) is 14.9 Å². The van der Waals surface area contributed by atoms with Crippen LogP contribution >= 0.6 is 0 Å². The zero-order valence-corrected chi connectivity index (χ0v) is 17.6. The van der Waals surface area contributed by atoms with Gasteiger partial charge in [-0.3, -0.25) is 9.69 Å². The molecule has 1 saturated heterocycles. The monoisotopic (exact) mass is 411 g/mol. The van der Waals surface area contributed by atoms with Gasteiger partial charge in [-0.15, -0.1) is 0 Å². The topological polar surface area (TPSA) is 105 Å². The van der Waals surface area contributed by atoms with E-state index in [0.717, 1.165) is 12.0 Å². The van der Waals surface area contributed by atoms with Crippen LogP contribution in [0.25, 0.3) is 0 Å². The number of sulfonamides is 1. The molecule has 1 aliphatic heterocycles. The van der Waals surface area contributed by atoms with Gasteiger partial charge in [0.2, 0.25) is 15.9 Å². The maximum atomic E-state index is 12.4. The maximum Gasteiger partial charge on any atom is 0.410 e. The van der Waals surface area contributed by atoms with Gasteiger partial charge in [0.25, 0.3) is 0 Å². The fourth-order valence-corrected chi connectivity index (χ4v) is 3.90. The lowest BCUT2D eigenvalue weighted by molar-refractivity contribution is -0.125. The van der Waals surface area contributed by atoms with Gasteiger partial charge in [-0.1, -0.05) is 17.7 Å². The van der Waals surface area contributed by atoms with Crippen LogP contribution in [0.1, 0.15) is 39.2 Å². The van der Waals surface area contributed by atoms with E-state index < -0.39 is 27.8 Å². The number of rotatable bonds is 6. The number of likely N-dealkylation sites (tertiary alicyclic amines) is 1. The molecule has 1 aliphatic rings. The van der Waals surface area contributed by atoms with Crippen molar-refractivity contribution in [2.45, 2.75) is 57.1 Å². The fraction of sp³-hybridized carbons (Fsp3) is 0.579. The van der Waals surface area contributed by atoms with Crippen molar-refractivity contribution < 1.29 is 22.7 Å². The third kappa shape index (κ3) is 6.20. The van der Waals surface area contributed by atoms with E-state index in [1.807, 2.05) is 6.92 Å². The molecule has 0 spiro atoms. The summed E-state index contributed by atoms with van der Waals surface area (Å²) in [5.41, 5.74) is 0.340. The smallest absolute Gasteiger partial charge is 0.410 e. The molecule has 0 aromatic heterocycles. The van der Waals surface area contributed by atoms with Crippen LogP contribution in [-0.2, 0) is 19.6 Å². The van der Waals surface area contributed by atoms with Crippen molar-refractivity contribution in [2.24, 2.45) is 0 Å². The van der Waals surface area contributed by atoms with Gasteiger partial charge < -0.3 is 10.1 Å². The standard InChI is InChI=1S/C19H29N3O5S/c1-14-7-9-15(10-8-14)28(25,26)21-12-11-20-17(23)16-6-5-13-22(16)18(24)27-19(2,3)4/h7-10,16,21H,5-6,11-13H2,1-4H3,(H,20,23)/t16-/m0/s1. The van der Waals surface area contributed by atoms with Crippen molar-refractivity contribution in [3.8, 4) is 0 Å². The number of carbonyl (C=O) groups is 2. The van der Waals surface area contributed by atoms with Gasteiger partial charge in [0.1, 0.15) is 11.6 Å². The molecular weight excluding hydrogens is 382 g/mol. The third-order valence-electron chi connectivity index (χ3n) is 4.23. The first-order valence-electron chi connectivity index (χ1n) is 9.33. The van der Waals surface area contributed by atoms with E-state index in [9.17, 15) is 18.0 Å². The number of aryl methyl sites for hydroxylation is 1. The van der Waals surface area contributed by atoms with Crippen molar-refractivity contribution >= 4 is 22.0 Å². The zero-order valence-electron chi connectivity index (χ0n) is 16.8. The Bertz CT molecular complexity index is 800. The highest BCUT2D eigenvalue weighted by Crippen LogP contribution is 2.20. The van der Waals surface area contributed by atoms with Crippen molar-refractivity contribution in [1.29, 1.82) is 0 Å². The summed E-state index contributed by atoms with van der Waals surface area (Å²) in [4.78, 5) is 26.3. The van der Waals surface area contributed by atoms with Gasteiger partial charge in [0, 0.05) is 19.6 Å². The Morgan fingerprint density at radius 1 is 1.18 bits per heavy atom. The summed E-state index contributed by atoms with van der Waals surface area (Å²) >= 11 is 0. The van der Waals surface area contributed by atoms with Crippen LogP contribution in [0.15, 0.2) is 29.2 Å². The fourth-order valence-electron chi connectivity index (χ4n) is 2.87. The number of nitrogens with zero attached hydrogens (tertiary/aromatic N) is 1. The van der Waals surface area contributed by atoms with E-state index in [2.05, 4.69) is 10.0 Å². The number of nitrogens with one attached hydrogen (secondary N) is 2. The number of amides is 2. The van der Waals surface area contributed by atoms with Crippen LogP contribution in [0.3, 0.4) is 0 Å². The molecule has 8 nitrogen and oxygen atoms in total. The molecule has 1 fully saturated rings. The van der Waals surface area contributed by atoms with Gasteiger partial charge >= 0.3 is 6.09 Å². The van der Waals surface area contributed by atoms with Crippen LogP contribution in [0.4, 0.5) is 4.79 Å². The molecule has 1 aromatic carbocycles. The Morgan fingerprint density at radius 2 is 1.82 bits per heavy atom. The van der Waals surface area contributed by atoms with Crippen LogP contribution in [0, 0.1) is 6.92 Å². The van der Waals surface area contributed by atoms with E-state index in [1.165, 1.54) is 17.0 Å². The van der Waals surface area contributed by atoms with Gasteiger partial charge in [0.15, 0.2) is 0 Å². The first kappa shape index (κ1) is 22.2. The van der Waals surface area contributed by atoms with Crippen molar-refractivity contribution in [2.75, 3.05) is 19.6 Å². The molecular formula is C19H29N3O5S. The van der Waals surface area contributed by atoms with Crippen molar-refractivity contribution in [3.63, 3.8) is 0 Å². The van der Waals surface area contributed by atoms with Crippen molar-refractivity contribution in [3.05, 3.63) is 29.8 Å². The van der Waals surface area contributed by atoms with Crippen LogP contribution in [-0.4, -0.2) is 56.6 Å². The molecule has 9 heteroatoms. The second-order valence-corrected chi connectivity index (χ2v) is 9.60. The second kappa shape index (κ2) is 8.91. The van der Waals surface area contributed by atoms with E-state index in [0.29, 0.717) is 13.0 Å². The molecule has 0 unspecified atom stereocenters. The van der Waals surface area contributed by atoms with Gasteiger partial charge in [-0.2, -0.15) is 0 Å². The molecule has 0 saturated carbocycles. The predicted octanol–water partition coefficient (Wildman–Crippen LogP) is 1.79. The van der Waals surface area contributed by atoms with E-state index in [1.54, 1.807) is 32.9 Å². The summed E-state index contributed by atoms with van der Waals surface area (Å²) in [6.07, 6.45) is 0.766. The summed E-state index contributed by atoms with van der Waals surface area (Å²) in [7, 11) is -3.62. The van der Waals surface area contributed by atoms with Crippen LogP contribution < -0.4 is 10.0 Å². The molecule has 0 bridgehead atoms.